The van der Waals surface area contributed by atoms with Gasteiger partial charge >= 0.3 is 0 Å². The molecule has 8 nitrogen and oxygen atoms in total. The van der Waals surface area contributed by atoms with Crippen LogP contribution in [0.2, 0.25) is 0 Å². The van der Waals surface area contributed by atoms with Crippen LogP contribution in [0.1, 0.15) is 122 Å². The van der Waals surface area contributed by atoms with Crippen molar-refractivity contribution in [3.63, 3.8) is 0 Å². The van der Waals surface area contributed by atoms with Crippen molar-refractivity contribution in [2.24, 2.45) is 22.9 Å². The number of nitrogens with two attached hydrogens (primary N) is 4. The van der Waals surface area contributed by atoms with E-state index in [1.807, 2.05) is 0 Å². The minimum absolute atomic E-state index is 0.728. The molecule has 0 aliphatic carbocycles. The van der Waals surface area contributed by atoms with Gasteiger partial charge in [-0.05, 0) is 152 Å². The highest BCUT2D eigenvalue weighted by molar-refractivity contribution is 5.83. The fraction of sp³-hybridized carbons (Fsp3) is 0.500. The molecule has 10 N–H and O–H groups in total. The minimum Gasteiger partial charge on any atom is -0.355 e. The fourth-order valence-electron chi connectivity index (χ4n) is 6.99. The van der Waals surface area contributed by atoms with Crippen molar-refractivity contribution in [1.29, 1.82) is 0 Å². The van der Waals surface area contributed by atoms with Crippen molar-refractivity contribution in [2.75, 3.05) is 26.2 Å². The molecule has 2 aliphatic rings. The van der Waals surface area contributed by atoms with Crippen molar-refractivity contribution >= 4 is 46.4 Å². The first-order chi connectivity index (χ1) is 23.7. The molecule has 0 spiro atoms. The fourth-order valence-corrected chi connectivity index (χ4v) is 6.99. The Labute approximate surface area is 286 Å². The van der Waals surface area contributed by atoms with Gasteiger partial charge in [-0.15, -0.1) is 0 Å². The van der Waals surface area contributed by atoms with E-state index >= 15 is 0 Å². The highest BCUT2D eigenvalue weighted by Gasteiger charge is 2.16. The lowest BCUT2D eigenvalue weighted by Crippen LogP contribution is -2.00. The summed E-state index contributed by atoms with van der Waals surface area (Å²) in [6, 6.07) is 8.97. The average Bonchev–Trinajstić information content (AvgIpc) is 3.93. The molecule has 258 valence electrons. The van der Waals surface area contributed by atoms with E-state index in [2.05, 4.69) is 58.5 Å². The molecule has 5 heterocycles. The summed E-state index contributed by atoms with van der Waals surface area (Å²) in [5, 5.41) is 0. The van der Waals surface area contributed by atoms with Gasteiger partial charge in [0.25, 0.3) is 0 Å². The first-order valence-electron chi connectivity index (χ1n) is 18.6. The van der Waals surface area contributed by atoms with Crippen molar-refractivity contribution in [2.45, 2.75) is 103 Å². The van der Waals surface area contributed by atoms with Gasteiger partial charge in [0.2, 0.25) is 0 Å². The lowest BCUT2D eigenvalue weighted by Gasteiger charge is -2.06. The van der Waals surface area contributed by atoms with E-state index in [9.17, 15) is 0 Å². The monoisotopic (exact) mass is 650 g/mol. The minimum atomic E-state index is 0.728. The molecule has 0 radical (unpaired) electrons. The van der Waals surface area contributed by atoms with Crippen molar-refractivity contribution < 1.29 is 0 Å². The smallest absolute Gasteiger partial charge is 0.0690 e. The zero-order valence-corrected chi connectivity index (χ0v) is 29.0. The van der Waals surface area contributed by atoms with Crippen molar-refractivity contribution in [3.8, 4) is 0 Å². The van der Waals surface area contributed by atoms with Crippen LogP contribution in [0.25, 0.3) is 46.4 Å². The van der Waals surface area contributed by atoms with E-state index in [-0.39, 0.29) is 0 Å². The summed E-state index contributed by atoms with van der Waals surface area (Å²) in [7, 11) is 0. The molecule has 0 fully saturated rings. The highest BCUT2D eigenvalue weighted by Crippen LogP contribution is 2.29. The summed E-state index contributed by atoms with van der Waals surface area (Å²) in [5.41, 5.74) is 37.2. The third-order valence-electron chi connectivity index (χ3n) is 9.71. The molecule has 0 saturated carbocycles. The molecule has 0 amide bonds. The molecular weight excluding hydrogens is 592 g/mol. The van der Waals surface area contributed by atoms with Crippen molar-refractivity contribution in [1.82, 2.24) is 19.9 Å². The normalized spacial score (nSPS) is 12.4. The number of rotatable bonds is 20. The third-order valence-corrected chi connectivity index (χ3v) is 9.71. The summed E-state index contributed by atoms with van der Waals surface area (Å²) in [6.07, 6.45) is 25.5. The van der Waals surface area contributed by atoms with Gasteiger partial charge in [0.15, 0.2) is 0 Å². The molecule has 8 heteroatoms. The van der Waals surface area contributed by atoms with Gasteiger partial charge in [0.1, 0.15) is 0 Å². The number of hydrogen-bond acceptors (Lipinski definition) is 6. The van der Waals surface area contributed by atoms with Crippen LogP contribution in [0, 0.1) is 0 Å². The second-order valence-corrected chi connectivity index (χ2v) is 13.3. The maximum Gasteiger partial charge on any atom is 0.0690 e. The summed E-state index contributed by atoms with van der Waals surface area (Å²) in [6.45, 7) is 2.91. The number of hydrogen-bond donors (Lipinski definition) is 6. The van der Waals surface area contributed by atoms with Gasteiger partial charge in [-0.25, -0.2) is 9.97 Å². The Kier molecular flexibility index (Phi) is 14.0. The number of fused-ring (bicyclic) bond motifs is 8. The second kappa shape index (κ2) is 18.8. The average molecular weight is 651 g/mol. The van der Waals surface area contributed by atoms with E-state index in [0.717, 1.165) is 174 Å². The van der Waals surface area contributed by atoms with Crippen LogP contribution in [-0.4, -0.2) is 46.1 Å². The van der Waals surface area contributed by atoms with Gasteiger partial charge in [0, 0.05) is 44.3 Å². The van der Waals surface area contributed by atoms with Gasteiger partial charge in [0.05, 0.1) is 22.8 Å². The predicted molar refractivity (Wildman–Crippen MR) is 205 cm³/mol. The van der Waals surface area contributed by atoms with Gasteiger partial charge in [-0.3, -0.25) is 0 Å². The molecule has 0 aromatic carbocycles. The summed E-state index contributed by atoms with van der Waals surface area (Å²) >= 11 is 0. The van der Waals surface area contributed by atoms with Crippen LogP contribution in [0.15, 0.2) is 24.3 Å². The highest BCUT2D eigenvalue weighted by atomic mass is 14.8. The topological polar surface area (TPSA) is 161 Å². The van der Waals surface area contributed by atoms with Gasteiger partial charge < -0.3 is 32.9 Å². The maximum atomic E-state index is 5.85. The molecule has 0 atom stereocenters. The second-order valence-electron chi connectivity index (χ2n) is 13.3. The number of nitrogens with one attached hydrogen (secondary N) is 2. The summed E-state index contributed by atoms with van der Waals surface area (Å²) in [5.74, 6) is 0. The number of nitrogens with zero attached hydrogens (tertiary/aromatic N) is 2. The van der Waals surface area contributed by atoms with E-state index in [1.165, 1.54) is 22.3 Å². The Balaban J connectivity index is 1.75. The molecule has 5 rings (SSSR count). The number of unbranched alkanes of at least 4 members (excludes halogenated alkanes) is 8. The quantitative estimate of drug-likeness (QED) is 0.0483. The van der Waals surface area contributed by atoms with E-state index in [1.54, 1.807) is 0 Å². The molecule has 2 aliphatic heterocycles. The molecule has 0 unspecified atom stereocenters. The van der Waals surface area contributed by atoms with Crippen molar-refractivity contribution in [3.05, 3.63) is 69.3 Å². The number of aromatic amines is 2. The lowest BCUT2D eigenvalue weighted by molar-refractivity contribution is 0.684. The SMILES string of the molecule is NCCCCCc1c2nc(c(CCCCCN)c3ccc([nH]3)c(CCCCCN)c3nc(c(CCCCCN)c4ccc1[nH]4)C=C3)C=C2. The summed E-state index contributed by atoms with van der Waals surface area (Å²) < 4.78 is 0. The molecule has 8 bridgehead atoms. The van der Waals surface area contributed by atoms with Crippen LogP contribution in [0.5, 0.6) is 0 Å². The number of H-pyrrole nitrogens is 2. The standard InChI is InChI=1S/C40H58N8/c41-25-9-1-5-13-29-33-17-19-35(45-33)30(14-6-2-10-26-42)37-21-23-39(47-37)32(16-8-4-12-28-44)40-24-22-38(48-40)31(15-7-3-11-27-43)36-20-18-34(29)46-36/h17-24,45,48H,1-16,25-28,41-44H2. The molecule has 0 saturated heterocycles. The largest absolute Gasteiger partial charge is 0.355 e. The van der Waals surface area contributed by atoms with Crippen LogP contribution in [0.4, 0.5) is 0 Å². The first-order valence-corrected chi connectivity index (χ1v) is 18.6. The van der Waals surface area contributed by atoms with E-state index in [4.69, 9.17) is 32.9 Å². The Hall–Kier alpha value is -3.56. The molecular formula is C40H58N8. The Morgan fingerprint density at radius 2 is 0.604 bits per heavy atom. The lowest BCUT2D eigenvalue weighted by atomic mass is 10.0. The third kappa shape index (κ3) is 9.32. The Bertz CT molecular complexity index is 1450. The first kappa shape index (κ1) is 35.7. The zero-order chi connectivity index (χ0) is 33.6. The zero-order valence-electron chi connectivity index (χ0n) is 29.0. The Morgan fingerprint density at radius 1 is 0.354 bits per heavy atom. The number of aryl methyl sites for hydroxylation is 4. The molecule has 48 heavy (non-hydrogen) atoms. The van der Waals surface area contributed by atoms with Crippen LogP contribution in [0.3, 0.4) is 0 Å². The molecule has 3 aromatic rings. The predicted octanol–water partition coefficient (Wildman–Crippen LogP) is 7.34. The van der Waals surface area contributed by atoms with Crippen LogP contribution in [-0.2, 0) is 25.7 Å². The summed E-state index contributed by atoms with van der Waals surface area (Å²) in [4.78, 5) is 18.4. The van der Waals surface area contributed by atoms with Crippen LogP contribution >= 0.6 is 0 Å². The van der Waals surface area contributed by atoms with Gasteiger partial charge in [-0.2, -0.15) is 0 Å². The number of aromatic nitrogens is 4. The Morgan fingerprint density at radius 3 is 0.833 bits per heavy atom. The molecule has 3 aromatic heterocycles. The van der Waals surface area contributed by atoms with E-state index < -0.39 is 0 Å². The van der Waals surface area contributed by atoms with E-state index in [0.29, 0.717) is 0 Å². The van der Waals surface area contributed by atoms with Crippen LogP contribution < -0.4 is 22.9 Å². The maximum absolute atomic E-state index is 5.85. The van der Waals surface area contributed by atoms with Gasteiger partial charge in [-0.1, -0.05) is 25.7 Å².